The maximum Gasteiger partial charge on any atom is 0.257 e. The van der Waals surface area contributed by atoms with Crippen molar-refractivity contribution in [2.75, 3.05) is 7.05 Å². The van der Waals surface area contributed by atoms with Gasteiger partial charge in [0.25, 0.3) is 5.91 Å². The number of fused-ring (bicyclic) bond motifs is 1. The Morgan fingerprint density at radius 1 is 1.46 bits per heavy atom. The van der Waals surface area contributed by atoms with Gasteiger partial charge >= 0.3 is 0 Å². The van der Waals surface area contributed by atoms with Crippen molar-refractivity contribution in [3.05, 3.63) is 34.6 Å². The van der Waals surface area contributed by atoms with Crippen LogP contribution < -0.4 is 0 Å². The third-order valence-corrected chi connectivity index (χ3v) is 2.45. The van der Waals surface area contributed by atoms with E-state index in [9.17, 15) is 9.18 Å². The fourth-order valence-electron chi connectivity index (χ4n) is 1.66. The standard InChI is InChI=1S/C10H10FNO/c1-6-3-4-8(11)9-7(6)5-12(2)10(9)13/h3-4H,5H2,1-2H3. The molecule has 13 heavy (non-hydrogen) atoms. The Bertz CT molecular complexity index is 387. The van der Waals surface area contributed by atoms with Crippen LogP contribution in [0.2, 0.25) is 0 Å². The smallest absolute Gasteiger partial charge is 0.257 e. The topological polar surface area (TPSA) is 20.3 Å². The molecule has 0 unspecified atom stereocenters. The van der Waals surface area contributed by atoms with Crippen molar-refractivity contribution in [2.24, 2.45) is 0 Å². The van der Waals surface area contributed by atoms with Crippen molar-refractivity contribution in [2.45, 2.75) is 13.5 Å². The summed E-state index contributed by atoms with van der Waals surface area (Å²) >= 11 is 0. The Labute approximate surface area is 76.0 Å². The molecule has 1 amide bonds. The van der Waals surface area contributed by atoms with E-state index in [1.807, 2.05) is 6.92 Å². The van der Waals surface area contributed by atoms with Crippen LogP contribution in [-0.4, -0.2) is 17.9 Å². The average molecular weight is 179 g/mol. The summed E-state index contributed by atoms with van der Waals surface area (Å²) in [6, 6.07) is 3.06. The van der Waals surface area contributed by atoms with Crippen LogP contribution in [0.15, 0.2) is 12.1 Å². The van der Waals surface area contributed by atoms with Gasteiger partial charge in [-0.1, -0.05) is 6.07 Å². The number of rotatable bonds is 0. The quantitative estimate of drug-likeness (QED) is 0.593. The van der Waals surface area contributed by atoms with Crippen LogP contribution in [0.3, 0.4) is 0 Å². The minimum Gasteiger partial charge on any atom is -0.337 e. The van der Waals surface area contributed by atoms with Crippen LogP contribution >= 0.6 is 0 Å². The molecular formula is C10H10FNO. The van der Waals surface area contributed by atoms with Gasteiger partial charge in [0.05, 0.1) is 5.56 Å². The molecule has 2 rings (SSSR count). The fraction of sp³-hybridized carbons (Fsp3) is 0.300. The Balaban J connectivity index is 2.68. The van der Waals surface area contributed by atoms with Gasteiger partial charge in [-0.05, 0) is 24.1 Å². The summed E-state index contributed by atoms with van der Waals surface area (Å²) in [6.07, 6.45) is 0. The number of amides is 1. The molecule has 2 nitrogen and oxygen atoms in total. The molecule has 68 valence electrons. The predicted octanol–water partition coefficient (Wildman–Crippen LogP) is 1.72. The number of carbonyl (C=O) groups is 1. The van der Waals surface area contributed by atoms with Crippen molar-refractivity contribution in [1.82, 2.24) is 4.90 Å². The summed E-state index contributed by atoms with van der Waals surface area (Å²) < 4.78 is 13.2. The molecule has 3 heteroatoms. The molecule has 1 aliphatic rings. The van der Waals surface area contributed by atoms with E-state index in [1.54, 1.807) is 13.1 Å². The minimum atomic E-state index is -0.407. The van der Waals surface area contributed by atoms with Crippen LogP contribution in [0.25, 0.3) is 0 Å². The van der Waals surface area contributed by atoms with E-state index in [0.717, 1.165) is 11.1 Å². The number of hydrogen-bond donors (Lipinski definition) is 0. The zero-order valence-electron chi connectivity index (χ0n) is 7.60. The van der Waals surface area contributed by atoms with Gasteiger partial charge in [0, 0.05) is 13.6 Å². The lowest BCUT2D eigenvalue weighted by atomic mass is 10.0. The van der Waals surface area contributed by atoms with E-state index >= 15 is 0 Å². The number of aryl methyl sites for hydroxylation is 1. The van der Waals surface area contributed by atoms with Gasteiger partial charge in [0.15, 0.2) is 0 Å². The van der Waals surface area contributed by atoms with Gasteiger partial charge in [0.2, 0.25) is 0 Å². The lowest BCUT2D eigenvalue weighted by molar-refractivity contribution is 0.0813. The molecule has 0 radical (unpaired) electrons. The molecule has 0 saturated heterocycles. The predicted molar refractivity (Wildman–Crippen MR) is 46.9 cm³/mol. The largest absolute Gasteiger partial charge is 0.337 e. The molecule has 1 aromatic rings. The molecular weight excluding hydrogens is 169 g/mol. The number of benzene rings is 1. The summed E-state index contributed by atoms with van der Waals surface area (Å²) in [4.78, 5) is 13.0. The van der Waals surface area contributed by atoms with Gasteiger partial charge in [-0.3, -0.25) is 4.79 Å². The SMILES string of the molecule is Cc1ccc(F)c2c1CN(C)C2=O. The van der Waals surface area contributed by atoms with E-state index in [0.29, 0.717) is 6.54 Å². The highest BCUT2D eigenvalue weighted by Gasteiger charge is 2.28. The molecule has 0 spiro atoms. The van der Waals surface area contributed by atoms with E-state index in [2.05, 4.69) is 0 Å². The second-order valence-electron chi connectivity index (χ2n) is 3.38. The highest BCUT2D eigenvalue weighted by Crippen LogP contribution is 2.26. The maximum atomic E-state index is 13.2. The van der Waals surface area contributed by atoms with Gasteiger partial charge < -0.3 is 4.90 Å². The average Bonchev–Trinajstić information content (AvgIpc) is 2.38. The molecule has 0 aliphatic carbocycles. The van der Waals surface area contributed by atoms with Crippen molar-refractivity contribution >= 4 is 5.91 Å². The van der Waals surface area contributed by atoms with Crippen LogP contribution in [-0.2, 0) is 6.54 Å². The van der Waals surface area contributed by atoms with Crippen LogP contribution in [0.1, 0.15) is 21.5 Å². The van der Waals surface area contributed by atoms with Crippen molar-refractivity contribution in [1.29, 1.82) is 0 Å². The summed E-state index contributed by atoms with van der Waals surface area (Å²) in [5.41, 5.74) is 2.06. The maximum absolute atomic E-state index is 13.2. The Morgan fingerprint density at radius 3 is 2.77 bits per heavy atom. The Kier molecular flexibility index (Phi) is 1.62. The molecule has 0 saturated carbocycles. The Morgan fingerprint density at radius 2 is 2.15 bits per heavy atom. The summed E-state index contributed by atoms with van der Waals surface area (Å²) in [5, 5.41) is 0. The van der Waals surface area contributed by atoms with Crippen LogP contribution in [0.4, 0.5) is 4.39 Å². The van der Waals surface area contributed by atoms with Crippen molar-refractivity contribution in [3.8, 4) is 0 Å². The molecule has 0 aromatic heterocycles. The molecule has 1 aromatic carbocycles. The first-order valence-corrected chi connectivity index (χ1v) is 4.14. The molecule has 1 aliphatic heterocycles. The van der Waals surface area contributed by atoms with E-state index in [4.69, 9.17) is 0 Å². The highest BCUT2D eigenvalue weighted by atomic mass is 19.1. The molecule has 0 N–H and O–H groups in total. The van der Waals surface area contributed by atoms with Gasteiger partial charge in [-0.15, -0.1) is 0 Å². The summed E-state index contributed by atoms with van der Waals surface area (Å²) in [7, 11) is 1.68. The van der Waals surface area contributed by atoms with Crippen molar-refractivity contribution in [3.63, 3.8) is 0 Å². The van der Waals surface area contributed by atoms with Gasteiger partial charge in [-0.25, -0.2) is 4.39 Å². The Hall–Kier alpha value is -1.38. The van der Waals surface area contributed by atoms with Crippen LogP contribution in [0, 0.1) is 12.7 Å². The zero-order chi connectivity index (χ0) is 9.59. The molecule has 1 heterocycles. The molecule has 0 atom stereocenters. The number of hydrogen-bond acceptors (Lipinski definition) is 1. The highest BCUT2D eigenvalue weighted by molar-refractivity contribution is 5.98. The second kappa shape index (κ2) is 2.55. The number of carbonyl (C=O) groups excluding carboxylic acids is 1. The monoisotopic (exact) mass is 179 g/mol. The van der Waals surface area contributed by atoms with E-state index in [-0.39, 0.29) is 11.5 Å². The van der Waals surface area contributed by atoms with E-state index in [1.165, 1.54) is 11.0 Å². The number of nitrogens with zero attached hydrogens (tertiary/aromatic N) is 1. The van der Waals surface area contributed by atoms with Gasteiger partial charge in [-0.2, -0.15) is 0 Å². The van der Waals surface area contributed by atoms with Gasteiger partial charge in [0.1, 0.15) is 5.82 Å². The first-order chi connectivity index (χ1) is 6.11. The molecule has 0 bridgehead atoms. The lowest BCUT2D eigenvalue weighted by Gasteiger charge is -2.04. The third-order valence-electron chi connectivity index (χ3n) is 2.45. The summed E-state index contributed by atoms with van der Waals surface area (Å²) in [5.74, 6) is -0.619. The first kappa shape index (κ1) is 8.23. The normalized spacial score (nSPS) is 15.0. The summed E-state index contributed by atoms with van der Waals surface area (Å²) in [6.45, 7) is 2.42. The third kappa shape index (κ3) is 1.03. The minimum absolute atomic E-state index is 0.212. The zero-order valence-corrected chi connectivity index (χ0v) is 7.60. The van der Waals surface area contributed by atoms with Crippen molar-refractivity contribution < 1.29 is 9.18 Å². The number of halogens is 1. The molecule has 0 fully saturated rings. The lowest BCUT2D eigenvalue weighted by Crippen LogP contribution is -2.18. The van der Waals surface area contributed by atoms with Crippen LogP contribution in [0.5, 0.6) is 0 Å². The van der Waals surface area contributed by atoms with E-state index < -0.39 is 5.82 Å². The first-order valence-electron chi connectivity index (χ1n) is 4.14. The second-order valence-corrected chi connectivity index (χ2v) is 3.38. The fourth-order valence-corrected chi connectivity index (χ4v) is 1.66.